The maximum Gasteiger partial charge on any atom is 0.250 e. The molecule has 8 nitrogen and oxygen atoms in total. The van der Waals surface area contributed by atoms with Crippen molar-refractivity contribution in [3.63, 3.8) is 0 Å². The van der Waals surface area contributed by atoms with Gasteiger partial charge in [-0.05, 0) is 25.1 Å². The highest BCUT2D eigenvalue weighted by Gasteiger charge is 2.31. The average Bonchev–Trinajstić information content (AvgIpc) is 2.69. The summed E-state index contributed by atoms with van der Waals surface area (Å²) in [5, 5.41) is 5.97. The lowest BCUT2D eigenvalue weighted by atomic mass is 10.1. The summed E-state index contributed by atoms with van der Waals surface area (Å²) in [6.07, 6.45) is 3.42. The Morgan fingerprint density at radius 2 is 2.15 bits per heavy atom. The first-order chi connectivity index (χ1) is 13.0. The van der Waals surface area contributed by atoms with Gasteiger partial charge in [0.2, 0.25) is 11.8 Å². The van der Waals surface area contributed by atoms with Crippen LogP contribution in [-0.4, -0.2) is 51.9 Å². The van der Waals surface area contributed by atoms with Gasteiger partial charge in [-0.1, -0.05) is 6.07 Å². The van der Waals surface area contributed by atoms with Gasteiger partial charge in [-0.2, -0.15) is 0 Å². The Labute approximate surface area is 157 Å². The number of aromatic nitrogens is 2. The van der Waals surface area contributed by atoms with E-state index in [1.54, 1.807) is 35.5 Å². The molecule has 8 heteroatoms. The van der Waals surface area contributed by atoms with E-state index in [9.17, 15) is 14.4 Å². The van der Waals surface area contributed by atoms with E-state index in [0.29, 0.717) is 31.9 Å². The van der Waals surface area contributed by atoms with Crippen LogP contribution in [0.15, 0.2) is 47.5 Å². The molecule has 0 radical (unpaired) electrons. The smallest absolute Gasteiger partial charge is 0.250 e. The third kappa shape index (κ3) is 4.79. The van der Waals surface area contributed by atoms with Crippen LogP contribution in [0.25, 0.3) is 0 Å². The summed E-state index contributed by atoms with van der Waals surface area (Å²) in [7, 11) is 0. The third-order valence-electron chi connectivity index (χ3n) is 4.51. The van der Waals surface area contributed by atoms with Crippen molar-refractivity contribution < 1.29 is 9.59 Å². The van der Waals surface area contributed by atoms with Crippen molar-refractivity contribution in [3.05, 3.63) is 58.8 Å². The number of nitrogens with one attached hydrogen (secondary N) is 2. The summed E-state index contributed by atoms with van der Waals surface area (Å²) in [4.78, 5) is 42.9. The highest BCUT2D eigenvalue weighted by Crippen LogP contribution is 2.11. The summed E-state index contributed by atoms with van der Waals surface area (Å²) < 4.78 is 1.49. The molecule has 2 aromatic heterocycles. The molecule has 2 aromatic rings. The van der Waals surface area contributed by atoms with Gasteiger partial charge in [0.05, 0.1) is 11.9 Å². The Balaban J connectivity index is 1.64. The predicted molar refractivity (Wildman–Crippen MR) is 101 cm³/mol. The number of carbonyl (C=O) groups excluding carboxylic acids is 2. The van der Waals surface area contributed by atoms with Crippen molar-refractivity contribution in [2.45, 2.75) is 25.9 Å². The van der Waals surface area contributed by atoms with Crippen LogP contribution < -0.4 is 16.2 Å². The van der Waals surface area contributed by atoms with Crippen LogP contribution in [0.5, 0.6) is 0 Å². The predicted octanol–water partition coefficient (Wildman–Crippen LogP) is 0.381. The lowest BCUT2D eigenvalue weighted by Gasteiger charge is -2.35. The van der Waals surface area contributed by atoms with E-state index in [1.165, 1.54) is 10.6 Å². The highest BCUT2D eigenvalue weighted by atomic mass is 16.2. The molecule has 3 heterocycles. The molecule has 0 saturated carbocycles. The molecule has 0 aromatic carbocycles. The number of pyridine rings is 2. The summed E-state index contributed by atoms with van der Waals surface area (Å²) in [6, 6.07) is 7.88. The van der Waals surface area contributed by atoms with Crippen LogP contribution in [0.3, 0.4) is 0 Å². The second-order valence-electron chi connectivity index (χ2n) is 6.47. The standard InChI is InChI=1S/C19H23N5O3/c1-14-5-6-15(12-21-14)22-19(27)16-13-20-8-11-24(16)18(26)7-10-23-9-3-2-4-17(23)25/h2-6,9,12,16,20H,7-8,10-11,13H2,1H3,(H,22,27)/t16-/m0/s1. The van der Waals surface area contributed by atoms with Crippen LogP contribution in [0.2, 0.25) is 0 Å². The number of piperazine rings is 1. The molecule has 1 atom stereocenters. The SMILES string of the molecule is Cc1ccc(NC(=O)[C@@H]2CNCCN2C(=O)CCn2ccccc2=O)cn1. The fourth-order valence-corrected chi connectivity index (χ4v) is 3.01. The van der Waals surface area contributed by atoms with Crippen LogP contribution in [0, 0.1) is 6.92 Å². The normalized spacial score (nSPS) is 16.8. The highest BCUT2D eigenvalue weighted by molar-refractivity contribution is 5.97. The summed E-state index contributed by atoms with van der Waals surface area (Å²) >= 11 is 0. The monoisotopic (exact) mass is 369 g/mol. The summed E-state index contributed by atoms with van der Waals surface area (Å²) in [5.74, 6) is -0.396. The zero-order chi connectivity index (χ0) is 19.2. The molecule has 27 heavy (non-hydrogen) atoms. The van der Waals surface area contributed by atoms with E-state index in [2.05, 4.69) is 15.6 Å². The number of carbonyl (C=O) groups is 2. The number of nitrogens with zero attached hydrogens (tertiary/aromatic N) is 3. The minimum absolute atomic E-state index is 0.144. The van der Waals surface area contributed by atoms with E-state index in [-0.39, 0.29) is 23.8 Å². The average molecular weight is 369 g/mol. The van der Waals surface area contributed by atoms with Crippen LogP contribution in [0.4, 0.5) is 5.69 Å². The van der Waals surface area contributed by atoms with E-state index < -0.39 is 6.04 Å². The Kier molecular flexibility index (Phi) is 5.97. The minimum Gasteiger partial charge on any atom is -0.328 e. The molecule has 0 spiro atoms. The molecule has 1 fully saturated rings. The summed E-state index contributed by atoms with van der Waals surface area (Å²) in [5.41, 5.74) is 1.31. The molecule has 2 N–H and O–H groups in total. The second kappa shape index (κ2) is 8.59. The molecule has 0 unspecified atom stereocenters. The molecule has 142 valence electrons. The van der Waals surface area contributed by atoms with Gasteiger partial charge in [0.25, 0.3) is 5.56 Å². The van der Waals surface area contributed by atoms with E-state index >= 15 is 0 Å². The molecule has 0 aliphatic carbocycles. The topological polar surface area (TPSA) is 96.3 Å². The molecule has 1 saturated heterocycles. The van der Waals surface area contributed by atoms with Crippen LogP contribution >= 0.6 is 0 Å². The first-order valence-corrected chi connectivity index (χ1v) is 8.94. The van der Waals surface area contributed by atoms with Gasteiger partial charge in [0.15, 0.2) is 0 Å². The van der Waals surface area contributed by atoms with E-state index in [4.69, 9.17) is 0 Å². The molecule has 1 aliphatic heterocycles. The molecule has 0 bridgehead atoms. The van der Waals surface area contributed by atoms with Crippen molar-refractivity contribution in [2.24, 2.45) is 0 Å². The minimum atomic E-state index is -0.597. The van der Waals surface area contributed by atoms with E-state index in [0.717, 1.165) is 5.69 Å². The molecular weight excluding hydrogens is 346 g/mol. The largest absolute Gasteiger partial charge is 0.328 e. The lowest BCUT2D eigenvalue weighted by Crippen LogP contribution is -2.58. The number of amides is 2. The van der Waals surface area contributed by atoms with Gasteiger partial charge >= 0.3 is 0 Å². The van der Waals surface area contributed by atoms with Gasteiger partial charge < -0.3 is 20.1 Å². The molecule has 3 rings (SSSR count). The zero-order valence-corrected chi connectivity index (χ0v) is 15.2. The number of hydrogen-bond acceptors (Lipinski definition) is 5. The first kappa shape index (κ1) is 18.8. The van der Waals surface area contributed by atoms with Crippen molar-refractivity contribution in [2.75, 3.05) is 25.0 Å². The van der Waals surface area contributed by atoms with Crippen molar-refractivity contribution >= 4 is 17.5 Å². The first-order valence-electron chi connectivity index (χ1n) is 8.94. The summed E-state index contributed by atoms with van der Waals surface area (Å²) in [6.45, 7) is 3.63. The maximum absolute atomic E-state index is 12.7. The molecule has 1 aliphatic rings. The van der Waals surface area contributed by atoms with Crippen molar-refractivity contribution in [1.82, 2.24) is 19.8 Å². The van der Waals surface area contributed by atoms with E-state index in [1.807, 2.05) is 13.0 Å². The number of rotatable bonds is 5. The fourth-order valence-electron chi connectivity index (χ4n) is 3.01. The Hall–Kier alpha value is -3.00. The van der Waals surface area contributed by atoms with Gasteiger partial charge in [0.1, 0.15) is 6.04 Å². The van der Waals surface area contributed by atoms with Crippen molar-refractivity contribution in [3.8, 4) is 0 Å². The maximum atomic E-state index is 12.7. The van der Waals surface area contributed by atoms with Crippen molar-refractivity contribution in [1.29, 1.82) is 0 Å². The lowest BCUT2D eigenvalue weighted by molar-refractivity contribution is -0.139. The number of aryl methyl sites for hydroxylation is 2. The van der Waals surface area contributed by atoms with Crippen LogP contribution in [0.1, 0.15) is 12.1 Å². The zero-order valence-electron chi connectivity index (χ0n) is 15.2. The second-order valence-corrected chi connectivity index (χ2v) is 6.47. The third-order valence-corrected chi connectivity index (χ3v) is 4.51. The number of anilines is 1. The molecular formula is C19H23N5O3. The quantitative estimate of drug-likeness (QED) is 0.794. The molecule has 2 amide bonds. The Morgan fingerprint density at radius 1 is 1.30 bits per heavy atom. The van der Waals surface area contributed by atoms with Gasteiger partial charge in [0, 0.05) is 50.6 Å². The van der Waals surface area contributed by atoms with Crippen LogP contribution in [-0.2, 0) is 16.1 Å². The Bertz CT molecular complexity index is 862. The van der Waals surface area contributed by atoms with Gasteiger partial charge in [-0.25, -0.2) is 0 Å². The van der Waals surface area contributed by atoms with Gasteiger partial charge in [-0.3, -0.25) is 19.4 Å². The Morgan fingerprint density at radius 3 is 2.89 bits per heavy atom. The van der Waals surface area contributed by atoms with Gasteiger partial charge in [-0.15, -0.1) is 0 Å². The number of hydrogen-bond donors (Lipinski definition) is 2. The fraction of sp³-hybridized carbons (Fsp3) is 0.368.